The third-order valence-corrected chi connectivity index (χ3v) is 2.80. The summed E-state index contributed by atoms with van der Waals surface area (Å²) in [6.07, 6.45) is -1.40. The van der Waals surface area contributed by atoms with Crippen molar-refractivity contribution in [1.29, 1.82) is 0 Å². The van der Waals surface area contributed by atoms with Crippen LogP contribution in [-0.4, -0.2) is 46.8 Å². The van der Waals surface area contributed by atoms with E-state index in [0.717, 1.165) is 4.90 Å². The summed E-state index contributed by atoms with van der Waals surface area (Å²) >= 11 is 0. The van der Waals surface area contributed by atoms with E-state index in [1.54, 1.807) is 0 Å². The minimum Gasteiger partial charge on any atom is -0.393 e. The number of ether oxygens (including phenoxy) is 1. The number of carbonyl (C=O) groups excluding carboxylic acids is 2. The molecular formula is C11H12FNO4. The Balaban J connectivity index is 2.19. The van der Waals surface area contributed by atoms with Crippen molar-refractivity contribution in [2.45, 2.75) is 24.9 Å². The molecule has 1 saturated heterocycles. The number of rotatable bonds is 2. The second-order valence-corrected chi connectivity index (χ2v) is 3.93. The summed E-state index contributed by atoms with van der Waals surface area (Å²) in [4.78, 5) is 23.6. The molecule has 1 fully saturated rings. The molecule has 0 saturated carbocycles. The Hall–Kier alpha value is -1.53. The lowest BCUT2D eigenvalue weighted by Crippen LogP contribution is -2.43. The first kappa shape index (κ1) is 11.9. The quantitative estimate of drug-likeness (QED) is 0.542. The number of ketones is 1. The fourth-order valence-corrected chi connectivity index (χ4v) is 1.82. The average molecular weight is 241 g/mol. The van der Waals surface area contributed by atoms with Crippen LogP contribution in [0.15, 0.2) is 24.4 Å². The average Bonchev–Trinajstić information content (AvgIpc) is 2.57. The van der Waals surface area contributed by atoms with Gasteiger partial charge in [-0.25, -0.2) is 4.39 Å². The van der Waals surface area contributed by atoms with Crippen LogP contribution >= 0.6 is 0 Å². The summed E-state index contributed by atoms with van der Waals surface area (Å²) < 4.78 is 19.0. The first-order valence-electron chi connectivity index (χ1n) is 5.16. The first-order chi connectivity index (χ1) is 8.04. The van der Waals surface area contributed by atoms with Crippen LogP contribution in [0.4, 0.5) is 4.39 Å². The molecule has 0 spiro atoms. The molecule has 2 heterocycles. The van der Waals surface area contributed by atoms with Crippen LogP contribution < -0.4 is 0 Å². The number of halogens is 1. The zero-order chi connectivity index (χ0) is 12.6. The summed E-state index contributed by atoms with van der Waals surface area (Å²) in [6.45, 7) is 3.10. The molecule has 5 nitrogen and oxygen atoms in total. The lowest BCUT2D eigenvalue weighted by molar-refractivity contribution is -0.146. The summed E-state index contributed by atoms with van der Waals surface area (Å²) in [6, 6.07) is 0. The zero-order valence-electron chi connectivity index (χ0n) is 9.01. The van der Waals surface area contributed by atoms with Gasteiger partial charge in [-0.1, -0.05) is 6.58 Å². The topological polar surface area (TPSA) is 66.8 Å². The van der Waals surface area contributed by atoms with Crippen molar-refractivity contribution >= 4 is 11.7 Å². The van der Waals surface area contributed by atoms with Gasteiger partial charge in [-0.3, -0.25) is 14.5 Å². The Bertz CT molecular complexity index is 406. The zero-order valence-corrected chi connectivity index (χ0v) is 9.01. The van der Waals surface area contributed by atoms with E-state index in [-0.39, 0.29) is 24.4 Å². The normalized spacial score (nSPS) is 33.6. The third kappa shape index (κ3) is 2.01. The Morgan fingerprint density at radius 2 is 2.29 bits per heavy atom. The highest BCUT2D eigenvalue weighted by Gasteiger charge is 2.44. The maximum Gasteiger partial charge on any atom is 0.236 e. The van der Waals surface area contributed by atoms with Crippen molar-refractivity contribution in [3.63, 3.8) is 0 Å². The molecule has 1 N–H and O–H groups in total. The minimum absolute atomic E-state index is 0.107. The molecule has 2 rings (SSSR count). The van der Waals surface area contributed by atoms with Crippen molar-refractivity contribution < 1.29 is 23.8 Å². The van der Waals surface area contributed by atoms with Gasteiger partial charge in [-0.15, -0.1) is 0 Å². The van der Waals surface area contributed by atoms with Crippen LogP contribution in [0.1, 0.15) is 6.42 Å². The Labute approximate surface area is 97.2 Å². The van der Waals surface area contributed by atoms with Gasteiger partial charge in [0.25, 0.3) is 0 Å². The lowest BCUT2D eigenvalue weighted by Gasteiger charge is -2.27. The highest BCUT2D eigenvalue weighted by molar-refractivity contribution is 6.06. The summed E-state index contributed by atoms with van der Waals surface area (Å²) in [5.74, 6) is -0.839. The van der Waals surface area contributed by atoms with Gasteiger partial charge in [0.05, 0.1) is 13.0 Å². The fourth-order valence-electron chi connectivity index (χ4n) is 1.82. The third-order valence-electron chi connectivity index (χ3n) is 2.80. The number of alkyl halides is 1. The first-order valence-corrected chi connectivity index (χ1v) is 5.16. The molecule has 0 aromatic carbocycles. The smallest absolute Gasteiger partial charge is 0.236 e. The number of hydrogen-bond donors (Lipinski definition) is 1. The number of aliphatic hydroxyl groups excluding tert-OH is 1. The number of aliphatic hydroxyl groups is 1. The molecule has 0 aromatic rings. The highest BCUT2D eigenvalue weighted by atomic mass is 19.1. The molecule has 0 unspecified atom stereocenters. The fraction of sp³-hybridized carbons (Fsp3) is 0.455. The lowest BCUT2D eigenvalue weighted by atomic mass is 10.1. The molecule has 0 aromatic heterocycles. The van der Waals surface area contributed by atoms with Crippen molar-refractivity contribution in [3.05, 3.63) is 24.4 Å². The van der Waals surface area contributed by atoms with Gasteiger partial charge >= 0.3 is 0 Å². The number of hydrogen-bond acceptors (Lipinski definition) is 4. The summed E-state index contributed by atoms with van der Waals surface area (Å²) in [5.41, 5.74) is 0.107. The van der Waals surface area contributed by atoms with Crippen molar-refractivity contribution in [2.24, 2.45) is 0 Å². The van der Waals surface area contributed by atoms with E-state index < -0.39 is 24.4 Å². The van der Waals surface area contributed by atoms with Gasteiger partial charge in [0.1, 0.15) is 6.10 Å². The van der Waals surface area contributed by atoms with Gasteiger partial charge in [-0.05, 0) is 11.6 Å². The van der Waals surface area contributed by atoms with E-state index in [9.17, 15) is 14.0 Å². The van der Waals surface area contributed by atoms with E-state index in [0.29, 0.717) is 0 Å². The largest absolute Gasteiger partial charge is 0.393 e. The van der Waals surface area contributed by atoms with E-state index in [2.05, 4.69) is 6.58 Å². The molecule has 92 valence electrons. The molecule has 0 bridgehead atoms. The monoisotopic (exact) mass is 241 g/mol. The van der Waals surface area contributed by atoms with Gasteiger partial charge in [0.2, 0.25) is 5.91 Å². The molecule has 2 aliphatic heterocycles. The van der Waals surface area contributed by atoms with Crippen LogP contribution in [-0.2, 0) is 14.3 Å². The SMILES string of the molecule is C=C1[C@H](CO)O[C@H](N2C=CC(=O)CC2=O)[C@@H]1F. The van der Waals surface area contributed by atoms with Gasteiger partial charge < -0.3 is 9.84 Å². The maximum atomic E-state index is 13.8. The second kappa shape index (κ2) is 4.38. The number of allylic oxidation sites excluding steroid dienone is 1. The van der Waals surface area contributed by atoms with E-state index in [1.807, 2.05) is 0 Å². The van der Waals surface area contributed by atoms with Crippen LogP contribution in [0, 0.1) is 0 Å². The standard InChI is InChI=1S/C11H12FNO4/c1-6-8(5-14)17-11(10(6)12)13-3-2-7(15)4-9(13)16/h2-3,8,10-11,14H,1,4-5H2/t8-,10+,11-/m0/s1. The molecular weight excluding hydrogens is 229 g/mol. The Kier molecular flexibility index (Phi) is 3.08. The van der Waals surface area contributed by atoms with Gasteiger partial charge in [0, 0.05) is 6.20 Å². The summed E-state index contributed by atoms with van der Waals surface area (Å²) in [7, 11) is 0. The second-order valence-electron chi connectivity index (χ2n) is 3.93. The van der Waals surface area contributed by atoms with E-state index >= 15 is 0 Å². The molecule has 3 atom stereocenters. The Morgan fingerprint density at radius 1 is 1.59 bits per heavy atom. The molecule has 17 heavy (non-hydrogen) atoms. The van der Waals surface area contributed by atoms with Crippen LogP contribution in [0.25, 0.3) is 0 Å². The minimum atomic E-state index is -1.56. The van der Waals surface area contributed by atoms with Crippen molar-refractivity contribution in [1.82, 2.24) is 4.90 Å². The molecule has 6 heteroatoms. The van der Waals surface area contributed by atoms with E-state index in [4.69, 9.17) is 9.84 Å². The van der Waals surface area contributed by atoms with Crippen molar-refractivity contribution in [3.8, 4) is 0 Å². The van der Waals surface area contributed by atoms with Gasteiger partial charge in [-0.2, -0.15) is 0 Å². The molecule has 0 radical (unpaired) electrons. The number of amides is 1. The molecule has 0 aliphatic carbocycles. The predicted molar refractivity (Wildman–Crippen MR) is 55.4 cm³/mol. The predicted octanol–water partition coefficient (Wildman–Crippen LogP) is -0.0870. The van der Waals surface area contributed by atoms with Crippen LogP contribution in [0.3, 0.4) is 0 Å². The molecule has 1 amide bonds. The maximum absolute atomic E-state index is 13.8. The molecule has 2 aliphatic rings. The number of nitrogens with zero attached hydrogens (tertiary/aromatic N) is 1. The van der Waals surface area contributed by atoms with Gasteiger partial charge in [0.15, 0.2) is 18.2 Å². The highest BCUT2D eigenvalue weighted by Crippen LogP contribution is 2.31. The van der Waals surface area contributed by atoms with Crippen LogP contribution in [0.5, 0.6) is 0 Å². The number of carbonyl (C=O) groups is 2. The van der Waals surface area contributed by atoms with Crippen LogP contribution in [0.2, 0.25) is 0 Å². The summed E-state index contributed by atoms with van der Waals surface area (Å²) in [5, 5.41) is 8.95. The van der Waals surface area contributed by atoms with E-state index in [1.165, 1.54) is 12.3 Å². The van der Waals surface area contributed by atoms with Crippen molar-refractivity contribution in [2.75, 3.05) is 6.61 Å². The Morgan fingerprint density at radius 3 is 2.82 bits per heavy atom.